The molecule has 1 saturated heterocycles. The molecule has 0 aromatic carbocycles. The molecule has 1 unspecified atom stereocenters. The van der Waals surface area contributed by atoms with E-state index in [1.807, 2.05) is 17.8 Å². The van der Waals surface area contributed by atoms with Gasteiger partial charge in [-0.15, -0.1) is 5.10 Å². The molecule has 15 heavy (non-hydrogen) atoms. The summed E-state index contributed by atoms with van der Waals surface area (Å²) in [7, 11) is 0. The van der Waals surface area contributed by atoms with Crippen molar-refractivity contribution in [3.63, 3.8) is 0 Å². The van der Waals surface area contributed by atoms with Crippen molar-refractivity contribution >= 4 is 35.0 Å². The highest BCUT2D eigenvalue weighted by atomic mass is 35.5. The van der Waals surface area contributed by atoms with Crippen LogP contribution in [0.1, 0.15) is 18.5 Å². The molecule has 0 amide bonds. The molecule has 1 aromatic heterocycles. The van der Waals surface area contributed by atoms with Crippen LogP contribution in [0.15, 0.2) is 6.07 Å². The van der Waals surface area contributed by atoms with E-state index in [4.69, 9.17) is 23.2 Å². The van der Waals surface area contributed by atoms with Gasteiger partial charge in [0.2, 0.25) is 0 Å². The molecule has 0 saturated carbocycles. The van der Waals surface area contributed by atoms with Crippen LogP contribution in [0, 0.1) is 5.92 Å². The van der Waals surface area contributed by atoms with Gasteiger partial charge in [-0.05, 0) is 42.8 Å². The van der Waals surface area contributed by atoms with Crippen LogP contribution >= 0.6 is 35.0 Å². The van der Waals surface area contributed by atoms with Crippen LogP contribution < -0.4 is 0 Å². The van der Waals surface area contributed by atoms with E-state index < -0.39 is 0 Å². The summed E-state index contributed by atoms with van der Waals surface area (Å²) in [5, 5.41) is 8.67. The molecule has 1 fully saturated rings. The van der Waals surface area contributed by atoms with E-state index in [1.54, 1.807) is 0 Å². The third-order valence-corrected chi connectivity index (χ3v) is 4.46. The second kappa shape index (κ2) is 5.37. The zero-order valence-corrected chi connectivity index (χ0v) is 10.6. The molecule has 1 aliphatic rings. The molecule has 0 aliphatic carbocycles. The summed E-state index contributed by atoms with van der Waals surface area (Å²) >= 11 is 13.6. The fourth-order valence-electron chi connectivity index (χ4n) is 1.75. The maximum atomic E-state index is 5.89. The Balaban J connectivity index is 2.00. The van der Waals surface area contributed by atoms with E-state index in [2.05, 4.69) is 10.2 Å². The fraction of sp³-hybridized carbons (Fsp3) is 0.600. The van der Waals surface area contributed by atoms with E-state index in [0.29, 0.717) is 10.2 Å². The first-order valence-corrected chi connectivity index (χ1v) is 6.92. The van der Waals surface area contributed by atoms with E-state index in [1.165, 1.54) is 24.3 Å². The third-order valence-electron chi connectivity index (χ3n) is 2.51. The number of hydrogen-bond donors (Lipinski definition) is 0. The van der Waals surface area contributed by atoms with Crippen molar-refractivity contribution in [2.75, 3.05) is 11.5 Å². The molecule has 82 valence electrons. The van der Waals surface area contributed by atoms with Gasteiger partial charge in [-0.25, -0.2) is 0 Å². The minimum atomic E-state index is 0.290. The summed E-state index contributed by atoms with van der Waals surface area (Å²) in [4.78, 5) is 0. The van der Waals surface area contributed by atoms with Gasteiger partial charge < -0.3 is 0 Å². The lowest BCUT2D eigenvalue weighted by Gasteiger charge is -2.20. The topological polar surface area (TPSA) is 25.8 Å². The zero-order valence-electron chi connectivity index (χ0n) is 8.25. The largest absolute Gasteiger partial charge is 0.170 e. The Hall–Kier alpha value is 0.01000. The van der Waals surface area contributed by atoms with Crippen molar-refractivity contribution in [2.45, 2.75) is 19.3 Å². The van der Waals surface area contributed by atoms with E-state index in [9.17, 15) is 0 Å². The Kier molecular flexibility index (Phi) is 4.12. The van der Waals surface area contributed by atoms with Crippen LogP contribution in [0.25, 0.3) is 0 Å². The Morgan fingerprint density at radius 2 is 2.27 bits per heavy atom. The monoisotopic (exact) mass is 262 g/mol. The minimum absolute atomic E-state index is 0.290. The predicted octanol–water partition coefficient (Wildman–Crippen LogP) is 3.47. The second-order valence-corrected chi connectivity index (χ2v) is 5.68. The Bertz CT molecular complexity index is 340. The van der Waals surface area contributed by atoms with Crippen LogP contribution in [-0.4, -0.2) is 21.7 Å². The minimum Gasteiger partial charge on any atom is -0.162 e. The summed E-state index contributed by atoms with van der Waals surface area (Å²) in [5.41, 5.74) is 0.955. The van der Waals surface area contributed by atoms with E-state index >= 15 is 0 Å². The summed E-state index contributed by atoms with van der Waals surface area (Å²) < 4.78 is 0. The molecular formula is C10H12Cl2N2S. The van der Waals surface area contributed by atoms with Crippen LogP contribution in [0.4, 0.5) is 0 Å². The van der Waals surface area contributed by atoms with Gasteiger partial charge in [0, 0.05) is 0 Å². The van der Waals surface area contributed by atoms with Crippen molar-refractivity contribution in [3.05, 3.63) is 21.9 Å². The van der Waals surface area contributed by atoms with Gasteiger partial charge in [-0.1, -0.05) is 23.2 Å². The molecule has 5 heteroatoms. The maximum absolute atomic E-state index is 5.89. The molecule has 1 aromatic rings. The first-order chi connectivity index (χ1) is 7.25. The number of nitrogens with zero attached hydrogens (tertiary/aromatic N) is 2. The molecule has 0 spiro atoms. The molecule has 0 bridgehead atoms. The molecule has 0 N–H and O–H groups in total. The first kappa shape index (κ1) is 11.5. The van der Waals surface area contributed by atoms with Gasteiger partial charge in [-0.2, -0.15) is 16.9 Å². The lowest BCUT2D eigenvalue weighted by atomic mass is 9.99. The Labute approximate surface area is 104 Å². The fourth-order valence-corrected chi connectivity index (χ4v) is 3.17. The van der Waals surface area contributed by atoms with E-state index in [0.717, 1.165) is 18.0 Å². The number of thioether (sulfide) groups is 1. The van der Waals surface area contributed by atoms with Crippen molar-refractivity contribution in [3.8, 4) is 0 Å². The van der Waals surface area contributed by atoms with Gasteiger partial charge in [0.1, 0.15) is 0 Å². The van der Waals surface area contributed by atoms with Gasteiger partial charge in [0.15, 0.2) is 5.15 Å². The average Bonchev–Trinajstić information content (AvgIpc) is 2.25. The SMILES string of the molecule is Clc1cc(CC2CCCSC2)nnc1Cl. The highest BCUT2D eigenvalue weighted by Crippen LogP contribution is 2.26. The molecular weight excluding hydrogens is 251 g/mol. The third kappa shape index (κ3) is 3.23. The van der Waals surface area contributed by atoms with Crippen LogP contribution in [0.2, 0.25) is 10.2 Å². The highest BCUT2D eigenvalue weighted by Gasteiger charge is 2.15. The van der Waals surface area contributed by atoms with Crippen molar-refractivity contribution in [1.82, 2.24) is 10.2 Å². The normalized spacial score (nSPS) is 21.6. The van der Waals surface area contributed by atoms with Crippen molar-refractivity contribution in [2.24, 2.45) is 5.92 Å². The lowest BCUT2D eigenvalue weighted by molar-refractivity contribution is 0.513. The maximum Gasteiger partial charge on any atom is 0.170 e. The summed E-state index contributed by atoms with van der Waals surface area (Å²) in [6.07, 6.45) is 3.57. The molecule has 0 radical (unpaired) electrons. The summed E-state index contributed by atoms with van der Waals surface area (Å²) in [6.45, 7) is 0. The van der Waals surface area contributed by atoms with Crippen LogP contribution in [-0.2, 0) is 6.42 Å². The smallest absolute Gasteiger partial charge is 0.162 e. The first-order valence-electron chi connectivity index (χ1n) is 5.01. The molecule has 1 aliphatic heterocycles. The average molecular weight is 263 g/mol. The number of hydrogen-bond acceptors (Lipinski definition) is 3. The van der Waals surface area contributed by atoms with Gasteiger partial charge in [0.25, 0.3) is 0 Å². The zero-order chi connectivity index (χ0) is 10.7. The van der Waals surface area contributed by atoms with Gasteiger partial charge in [0.05, 0.1) is 10.7 Å². The highest BCUT2D eigenvalue weighted by molar-refractivity contribution is 7.99. The second-order valence-electron chi connectivity index (χ2n) is 3.76. The van der Waals surface area contributed by atoms with Crippen LogP contribution in [0.5, 0.6) is 0 Å². The lowest BCUT2D eigenvalue weighted by Crippen LogP contribution is -2.14. The number of rotatable bonds is 2. The Morgan fingerprint density at radius 1 is 1.40 bits per heavy atom. The van der Waals surface area contributed by atoms with Crippen molar-refractivity contribution < 1.29 is 0 Å². The van der Waals surface area contributed by atoms with Crippen LogP contribution in [0.3, 0.4) is 0 Å². The number of halogens is 2. The molecule has 2 nitrogen and oxygen atoms in total. The number of aromatic nitrogens is 2. The summed E-state index contributed by atoms with van der Waals surface area (Å²) in [6, 6.07) is 1.83. The summed E-state index contributed by atoms with van der Waals surface area (Å²) in [5.74, 6) is 3.24. The predicted molar refractivity (Wildman–Crippen MR) is 65.8 cm³/mol. The van der Waals surface area contributed by atoms with E-state index in [-0.39, 0.29) is 0 Å². The molecule has 2 rings (SSSR count). The van der Waals surface area contributed by atoms with Gasteiger partial charge in [-0.3, -0.25) is 0 Å². The van der Waals surface area contributed by atoms with Gasteiger partial charge >= 0.3 is 0 Å². The Morgan fingerprint density at radius 3 is 2.93 bits per heavy atom. The molecule has 2 heterocycles. The molecule has 1 atom stereocenters. The quantitative estimate of drug-likeness (QED) is 0.817. The standard InChI is InChI=1S/C10H12Cl2N2S/c11-9-5-8(13-14-10(9)12)4-7-2-1-3-15-6-7/h5,7H,1-4,6H2. The van der Waals surface area contributed by atoms with Crippen molar-refractivity contribution in [1.29, 1.82) is 0 Å².